The summed E-state index contributed by atoms with van der Waals surface area (Å²) in [6.07, 6.45) is 0. The van der Waals surface area contributed by atoms with E-state index in [1.54, 1.807) is 29.2 Å². The van der Waals surface area contributed by atoms with Crippen LogP contribution in [-0.2, 0) is 0 Å². The molecule has 142 valence electrons. The number of rotatable bonds is 2. The molecular weight excluding hydrogens is 356 g/mol. The second-order valence-electron chi connectivity index (χ2n) is 6.36. The van der Waals surface area contributed by atoms with Gasteiger partial charge in [0.2, 0.25) is 0 Å². The summed E-state index contributed by atoms with van der Waals surface area (Å²) in [5.41, 5.74) is 1.24. The van der Waals surface area contributed by atoms with Gasteiger partial charge in [-0.1, -0.05) is 0 Å². The molecule has 0 bridgehead atoms. The van der Waals surface area contributed by atoms with Gasteiger partial charge >= 0.3 is 6.03 Å². The van der Waals surface area contributed by atoms with Gasteiger partial charge in [-0.25, -0.2) is 13.6 Å². The van der Waals surface area contributed by atoms with Gasteiger partial charge in [0.05, 0.1) is 0 Å². The average molecular weight is 375 g/mol. The fraction of sp³-hybridized carbons (Fsp3) is 0.316. The molecule has 2 heterocycles. The highest BCUT2D eigenvalue weighted by Crippen LogP contribution is 2.32. The first-order chi connectivity index (χ1) is 13.1. The minimum atomic E-state index is -0.869. The number of amides is 2. The molecule has 0 spiro atoms. The van der Waals surface area contributed by atoms with Gasteiger partial charge in [-0.3, -0.25) is 0 Å². The monoisotopic (exact) mass is 375 g/mol. The summed E-state index contributed by atoms with van der Waals surface area (Å²) >= 11 is 0. The standard InChI is InChI=1S/C19H19F2N3O3/c20-15-3-2-14(12-16(15)21)23-5-7-24(8-6-23)19(25)22-13-1-4-17-18(11-13)27-10-9-26-17/h1-4,11-12H,5-10H2,(H,22,25). The van der Waals surface area contributed by atoms with Crippen LogP contribution >= 0.6 is 0 Å². The lowest BCUT2D eigenvalue weighted by Crippen LogP contribution is -2.50. The molecule has 1 fully saturated rings. The number of piperazine rings is 1. The van der Waals surface area contributed by atoms with Gasteiger partial charge in [0.1, 0.15) is 13.2 Å². The number of anilines is 2. The minimum absolute atomic E-state index is 0.211. The number of carbonyl (C=O) groups is 1. The van der Waals surface area contributed by atoms with Crippen LogP contribution in [0, 0.1) is 11.6 Å². The Morgan fingerprint density at radius 2 is 1.63 bits per heavy atom. The molecule has 2 aliphatic heterocycles. The smallest absolute Gasteiger partial charge is 0.321 e. The first kappa shape index (κ1) is 17.4. The second kappa shape index (κ2) is 7.30. The third kappa shape index (κ3) is 3.74. The molecule has 2 aromatic rings. The van der Waals surface area contributed by atoms with E-state index in [9.17, 15) is 13.6 Å². The summed E-state index contributed by atoms with van der Waals surface area (Å²) < 4.78 is 37.5. The molecule has 0 aromatic heterocycles. The van der Waals surface area contributed by atoms with Gasteiger partial charge in [0.25, 0.3) is 0 Å². The van der Waals surface area contributed by atoms with Crippen LogP contribution in [0.5, 0.6) is 11.5 Å². The number of ether oxygens (including phenoxy) is 2. The highest BCUT2D eigenvalue weighted by Gasteiger charge is 2.22. The normalized spacial score (nSPS) is 16.2. The number of hydrogen-bond donors (Lipinski definition) is 1. The van der Waals surface area contributed by atoms with Crippen LogP contribution in [0.4, 0.5) is 25.0 Å². The number of nitrogens with zero attached hydrogens (tertiary/aromatic N) is 2. The Bertz CT molecular complexity index is 854. The van der Waals surface area contributed by atoms with Crippen LogP contribution in [0.2, 0.25) is 0 Å². The van der Waals surface area contributed by atoms with Crippen molar-refractivity contribution in [2.24, 2.45) is 0 Å². The highest BCUT2D eigenvalue weighted by atomic mass is 19.2. The molecule has 0 atom stereocenters. The minimum Gasteiger partial charge on any atom is -0.486 e. The summed E-state index contributed by atoms with van der Waals surface area (Å²) in [5, 5.41) is 2.86. The van der Waals surface area contributed by atoms with Crippen molar-refractivity contribution in [2.45, 2.75) is 0 Å². The fourth-order valence-electron chi connectivity index (χ4n) is 3.17. The second-order valence-corrected chi connectivity index (χ2v) is 6.36. The van der Waals surface area contributed by atoms with Crippen LogP contribution in [0.25, 0.3) is 0 Å². The van der Waals surface area contributed by atoms with Gasteiger partial charge < -0.3 is 24.6 Å². The molecule has 4 rings (SSSR count). The van der Waals surface area contributed by atoms with Crippen molar-refractivity contribution in [3.05, 3.63) is 48.0 Å². The quantitative estimate of drug-likeness (QED) is 0.877. The lowest BCUT2D eigenvalue weighted by atomic mass is 10.2. The zero-order chi connectivity index (χ0) is 18.8. The number of fused-ring (bicyclic) bond motifs is 1. The van der Waals surface area contributed by atoms with E-state index in [-0.39, 0.29) is 6.03 Å². The summed E-state index contributed by atoms with van der Waals surface area (Å²) in [7, 11) is 0. The molecule has 6 nitrogen and oxygen atoms in total. The Morgan fingerprint density at radius 1 is 0.889 bits per heavy atom. The number of benzene rings is 2. The van der Waals surface area contributed by atoms with E-state index in [4.69, 9.17) is 9.47 Å². The van der Waals surface area contributed by atoms with Crippen LogP contribution in [0.1, 0.15) is 0 Å². The molecule has 2 aromatic carbocycles. The molecule has 1 N–H and O–H groups in total. The Balaban J connectivity index is 1.35. The molecular formula is C19H19F2N3O3. The van der Waals surface area contributed by atoms with Crippen molar-refractivity contribution in [1.82, 2.24) is 4.90 Å². The Hall–Kier alpha value is -3.03. The summed E-state index contributed by atoms with van der Waals surface area (Å²) in [4.78, 5) is 16.1. The van der Waals surface area contributed by atoms with Crippen molar-refractivity contribution in [2.75, 3.05) is 49.6 Å². The molecule has 0 saturated carbocycles. The average Bonchev–Trinajstić information content (AvgIpc) is 2.70. The topological polar surface area (TPSA) is 54.0 Å². The molecule has 0 aliphatic carbocycles. The number of halogens is 2. The molecule has 2 amide bonds. The summed E-state index contributed by atoms with van der Waals surface area (Å²) in [5.74, 6) is -0.455. The fourth-order valence-corrected chi connectivity index (χ4v) is 3.17. The maximum absolute atomic E-state index is 13.4. The van der Waals surface area contributed by atoms with E-state index in [1.165, 1.54) is 6.07 Å². The van der Waals surface area contributed by atoms with Crippen molar-refractivity contribution in [3.63, 3.8) is 0 Å². The zero-order valence-electron chi connectivity index (χ0n) is 14.6. The Labute approximate surface area is 155 Å². The van der Waals surface area contributed by atoms with Gasteiger partial charge in [-0.2, -0.15) is 0 Å². The van der Waals surface area contributed by atoms with E-state index in [2.05, 4.69) is 5.32 Å². The van der Waals surface area contributed by atoms with Gasteiger partial charge in [-0.05, 0) is 24.3 Å². The molecule has 2 aliphatic rings. The third-order valence-corrected chi connectivity index (χ3v) is 4.63. The summed E-state index contributed by atoms with van der Waals surface area (Å²) in [6.45, 7) is 3.04. The van der Waals surface area contributed by atoms with E-state index in [0.29, 0.717) is 62.3 Å². The third-order valence-electron chi connectivity index (χ3n) is 4.63. The molecule has 1 saturated heterocycles. The van der Waals surface area contributed by atoms with Crippen LogP contribution in [0.15, 0.2) is 36.4 Å². The van der Waals surface area contributed by atoms with Gasteiger partial charge in [0.15, 0.2) is 23.1 Å². The first-order valence-electron chi connectivity index (χ1n) is 8.76. The number of hydrogen-bond acceptors (Lipinski definition) is 4. The zero-order valence-corrected chi connectivity index (χ0v) is 14.6. The lowest BCUT2D eigenvalue weighted by molar-refractivity contribution is 0.171. The highest BCUT2D eigenvalue weighted by molar-refractivity contribution is 5.90. The number of urea groups is 1. The van der Waals surface area contributed by atoms with Gasteiger partial charge in [-0.15, -0.1) is 0 Å². The van der Waals surface area contributed by atoms with Crippen molar-refractivity contribution < 1.29 is 23.0 Å². The predicted octanol–water partition coefficient (Wildman–Crippen LogP) is 3.09. The van der Waals surface area contributed by atoms with Crippen LogP contribution < -0.4 is 19.7 Å². The largest absolute Gasteiger partial charge is 0.486 e. The van der Waals surface area contributed by atoms with E-state index < -0.39 is 11.6 Å². The van der Waals surface area contributed by atoms with E-state index in [1.807, 2.05) is 4.90 Å². The van der Waals surface area contributed by atoms with E-state index >= 15 is 0 Å². The predicted molar refractivity (Wildman–Crippen MR) is 96.6 cm³/mol. The van der Waals surface area contributed by atoms with Crippen molar-refractivity contribution in [3.8, 4) is 11.5 Å². The van der Waals surface area contributed by atoms with Crippen molar-refractivity contribution >= 4 is 17.4 Å². The molecule has 8 heteroatoms. The van der Waals surface area contributed by atoms with Gasteiger partial charge in [0, 0.05) is 49.7 Å². The number of carbonyl (C=O) groups excluding carboxylic acids is 1. The molecule has 27 heavy (non-hydrogen) atoms. The van der Waals surface area contributed by atoms with Crippen LogP contribution in [-0.4, -0.2) is 50.3 Å². The molecule has 0 radical (unpaired) electrons. The van der Waals surface area contributed by atoms with Crippen molar-refractivity contribution in [1.29, 1.82) is 0 Å². The first-order valence-corrected chi connectivity index (χ1v) is 8.76. The SMILES string of the molecule is O=C(Nc1ccc2c(c1)OCCO2)N1CCN(c2ccc(F)c(F)c2)CC1. The Kier molecular flexibility index (Phi) is 4.70. The molecule has 0 unspecified atom stereocenters. The Morgan fingerprint density at radius 3 is 2.37 bits per heavy atom. The number of nitrogens with one attached hydrogen (secondary N) is 1. The maximum atomic E-state index is 13.4. The lowest BCUT2D eigenvalue weighted by Gasteiger charge is -2.36. The van der Waals surface area contributed by atoms with E-state index in [0.717, 1.165) is 6.07 Å². The maximum Gasteiger partial charge on any atom is 0.321 e. The van der Waals surface area contributed by atoms with Crippen LogP contribution in [0.3, 0.4) is 0 Å². The summed E-state index contributed by atoms with van der Waals surface area (Å²) in [6, 6.07) is 8.91.